The lowest BCUT2D eigenvalue weighted by molar-refractivity contribution is -0.148. The van der Waals surface area contributed by atoms with Crippen molar-refractivity contribution >= 4 is 5.97 Å². The predicted molar refractivity (Wildman–Crippen MR) is 111 cm³/mol. The second kappa shape index (κ2) is 12.3. The van der Waals surface area contributed by atoms with Crippen molar-refractivity contribution in [1.29, 1.82) is 0 Å². The van der Waals surface area contributed by atoms with Gasteiger partial charge < -0.3 is 25.0 Å². The average Bonchev–Trinajstić information content (AvgIpc) is 2.71. The van der Waals surface area contributed by atoms with Gasteiger partial charge in [0.2, 0.25) is 0 Å². The summed E-state index contributed by atoms with van der Waals surface area (Å²) in [5.41, 5.74) is 2.11. The Morgan fingerprint density at radius 2 is 1.55 bits per heavy atom. The van der Waals surface area contributed by atoms with Crippen molar-refractivity contribution in [3.63, 3.8) is 0 Å². The molecule has 2 aromatic carbocycles. The second-order valence-electron chi connectivity index (χ2n) is 7.30. The second-order valence-corrected chi connectivity index (χ2v) is 7.30. The van der Waals surface area contributed by atoms with Gasteiger partial charge in [0, 0.05) is 12.6 Å². The number of rotatable bonds is 13. The molecular weight excluding hydrogens is 370 g/mol. The first-order chi connectivity index (χ1) is 14.0. The maximum atomic E-state index is 11.8. The lowest BCUT2D eigenvalue weighted by atomic mass is 9.86. The number of carboxylic acids is 1. The van der Waals surface area contributed by atoms with E-state index >= 15 is 0 Å². The maximum Gasteiger partial charge on any atom is 0.310 e. The van der Waals surface area contributed by atoms with Crippen LogP contribution in [0.25, 0.3) is 0 Å². The fraction of sp³-hybridized carbons (Fsp3) is 0.435. The zero-order chi connectivity index (χ0) is 21.1. The Balaban J connectivity index is 1.88. The van der Waals surface area contributed by atoms with E-state index in [1.165, 1.54) is 6.92 Å². The lowest BCUT2D eigenvalue weighted by Crippen LogP contribution is -2.49. The summed E-state index contributed by atoms with van der Waals surface area (Å²) in [5, 5.41) is 23.0. The summed E-state index contributed by atoms with van der Waals surface area (Å²) < 4.78 is 11.1. The molecule has 158 valence electrons. The number of hydrogen-bond acceptors (Lipinski definition) is 5. The summed E-state index contributed by atoms with van der Waals surface area (Å²) in [5.74, 6) is -2.12. The Morgan fingerprint density at radius 1 is 0.966 bits per heavy atom. The predicted octanol–water partition coefficient (Wildman–Crippen LogP) is 3.05. The molecule has 0 aromatic heterocycles. The number of aliphatic carboxylic acids is 1. The van der Waals surface area contributed by atoms with E-state index in [1.54, 1.807) is 0 Å². The van der Waals surface area contributed by atoms with Crippen LogP contribution < -0.4 is 5.32 Å². The van der Waals surface area contributed by atoms with Gasteiger partial charge in [0.25, 0.3) is 0 Å². The molecule has 4 unspecified atom stereocenters. The Hall–Kier alpha value is -2.25. The van der Waals surface area contributed by atoms with E-state index in [4.69, 9.17) is 9.47 Å². The molecular formula is C23H31NO5. The van der Waals surface area contributed by atoms with E-state index in [0.29, 0.717) is 19.8 Å². The monoisotopic (exact) mass is 401 g/mol. The summed E-state index contributed by atoms with van der Waals surface area (Å²) >= 11 is 0. The Morgan fingerprint density at radius 3 is 2.10 bits per heavy atom. The number of aliphatic hydroxyl groups is 1. The molecule has 2 rings (SSSR count). The molecule has 4 atom stereocenters. The van der Waals surface area contributed by atoms with Gasteiger partial charge in [-0.3, -0.25) is 4.79 Å². The van der Waals surface area contributed by atoms with Gasteiger partial charge in [0.15, 0.2) is 0 Å². The van der Waals surface area contributed by atoms with Crippen LogP contribution >= 0.6 is 0 Å². The number of aliphatic hydroxyl groups excluding tert-OH is 1. The zero-order valence-corrected chi connectivity index (χ0v) is 17.0. The van der Waals surface area contributed by atoms with Gasteiger partial charge in [-0.15, -0.1) is 0 Å². The number of ether oxygens (including phenoxy) is 2. The van der Waals surface area contributed by atoms with E-state index < -0.39 is 24.0 Å². The Bertz CT molecular complexity index is 708. The van der Waals surface area contributed by atoms with Crippen molar-refractivity contribution in [2.75, 3.05) is 13.4 Å². The van der Waals surface area contributed by atoms with Gasteiger partial charge in [0.1, 0.15) is 6.79 Å². The summed E-state index contributed by atoms with van der Waals surface area (Å²) in [6, 6.07) is 19.1. The summed E-state index contributed by atoms with van der Waals surface area (Å²) in [6.45, 7) is 4.83. The van der Waals surface area contributed by atoms with E-state index in [2.05, 4.69) is 5.32 Å². The largest absolute Gasteiger partial charge is 0.481 e. The minimum Gasteiger partial charge on any atom is -0.481 e. The highest BCUT2D eigenvalue weighted by atomic mass is 16.7. The molecule has 0 radical (unpaired) electrons. The van der Waals surface area contributed by atoms with E-state index in [9.17, 15) is 15.0 Å². The zero-order valence-electron chi connectivity index (χ0n) is 17.0. The highest BCUT2D eigenvalue weighted by Gasteiger charge is 2.35. The maximum absolute atomic E-state index is 11.8. The van der Waals surface area contributed by atoms with Crippen LogP contribution in [-0.4, -0.2) is 41.7 Å². The molecule has 0 spiro atoms. The van der Waals surface area contributed by atoms with E-state index in [1.807, 2.05) is 67.6 Å². The van der Waals surface area contributed by atoms with Crippen LogP contribution in [-0.2, 0) is 27.4 Å². The van der Waals surface area contributed by atoms with Crippen LogP contribution in [0.1, 0.15) is 25.0 Å². The smallest absolute Gasteiger partial charge is 0.310 e. The van der Waals surface area contributed by atoms with E-state index in [0.717, 1.165) is 11.1 Å². The first kappa shape index (κ1) is 23.0. The minimum absolute atomic E-state index is 0.122. The first-order valence-corrected chi connectivity index (χ1v) is 9.86. The van der Waals surface area contributed by atoms with Crippen molar-refractivity contribution in [3.05, 3.63) is 71.8 Å². The highest BCUT2D eigenvalue weighted by Crippen LogP contribution is 2.19. The van der Waals surface area contributed by atoms with Crippen LogP contribution in [0.15, 0.2) is 60.7 Å². The van der Waals surface area contributed by atoms with E-state index in [-0.39, 0.29) is 12.7 Å². The molecule has 3 N–H and O–H groups in total. The molecule has 0 aliphatic rings. The van der Waals surface area contributed by atoms with Crippen LogP contribution in [0.4, 0.5) is 0 Å². The Labute approximate surface area is 172 Å². The molecule has 0 amide bonds. The summed E-state index contributed by atoms with van der Waals surface area (Å²) in [4.78, 5) is 11.8. The lowest BCUT2D eigenvalue weighted by Gasteiger charge is -2.32. The average molecular weight is 402 g/mol. The van der Waals surface area contributed by atoms with Gasteiger partial charge in [0.05, 0.1) is 25.2 Å². The van der Waals surface area contributed by atoms with Crippen LogP contribution in [0.3, 0.4) is 0 Å². The van der Waals surface area contributed by atoms with Crippen LogP contribution in [0.5, 0.6) is 0 Å². The minimum atomic E-state index is -1.03. The number of nitrogens with one attached hydrogen (secondary N) is 1. The van der Waals surface area contributed by atoms with Crippen molar-refractivity contribution < 1.29 is 24.5 Å². The number of carbonyl (C=O) groups is 1. The third-order valence-electron chi connectivity index (χ3n) is 4.85. The van der Waals surface area contributed by atoms with Gasteiger partial charge in [-0.2, -0.15) is 0 Å². The molecule has 0 aliphatic heterocycles. The highest BCUT2D eigenvalue weighted by molar-refractivity contribution is 5.71. The van der Waals surface area contributed by atoms with Gasteiger partial charge >= 0.3 is 5.97 Å². The standard InChI is InChI=1S/C23H31NO5/c1-17(14-28-16-29-15-20-11-7-4-8-12-20)22(21(18(2)25)23(26)27)24-13-19-9-5-3-6-10-19/h3-12,17-18,21-22,24-25H,13-16H2,1-2H3,(H,26,27). The molecule has 0 saturated carbocycles. The SMILES string of the molecule is CC(O)C(C(=O)O)C(NCc1ccccc1)C(C)COCOCc1ccccc1. The first-order valence-electron chi connectivity index (χ1n) is 9.86. The third kappa shape index (κ3) is 7.95. The molecule has 0 aliphatic carbocycles. The van der Waals surface area contributed by atoms with Crippen molar-refractivity contribution in [1.82, 2.24) is 5.32 Å². The molecule has 0 fully saturated rings. The molecule has 0 heterocycles. The molecule has 6 heteroatoms. The molecule has 29 heavy (non-hydrogen) atoms. The fourth-order valence-corrected chi connectivity index (χ4v) is 3.30. The van der Waals surface area contributed by atoms with Crippen LogP contribution in [0, 0.1) is 11.8 Å². The molecule has 0 bridgehead atoms. The normalized spacial score (nSPS) is 15.4. The molecule has 2 aromatic rings. The number of hydrogen-bond donors (Lipinski definition) is 3. The van der Waals surface area contributed by atoms with Crippen molar-refractivity contribution in [2.24, 2.45) is 11.8 Å². The van der Waals surface area contributed by atoms with Crippen LogP contribution in [0.2, 0.25) is 0 Å². The number of carboxylic acid groups (broad SMARTS) is 1. The van der Waals surface area contributed by atoms with Crippen molar-refractivity contribution in [3.8, 4) is 0 Å². The molecule has 0 saturated heterocycles. The molecule has 6 nitrogen and oxygen atoms in total. The number of benzene rings is 2. The van der Waals surface area contributed by atoms with Gasteiger partial charge in [-0.25, -0.2) is 0 Å². The fourth-order valence-electron chi connectivity index (χ4n) is 3.30. The quantitative estimate of drug-likeness (QED) is 0.353. The third-order valence-corrected chi connectivity index (χ3v) is 4.85. The summed E-state index contributed by atoms with van der Waals surface area (Å²) in [7, 11) is 0. The van der Waals surface area contributed by atoms with Gasteiger partial charge in [-0.05, 0) is 24.0 Å². The van der Waals surface area contributed by atoms with Crippen molar-refractivity contribution in [2.45, 2.75) is 39.1 Å². The topological polar surface area (TPSA) is 88.0 Å². The Kier molecular flexibility index (Phi) is 9.80. The summed E-state index contributed by atoms with van der Waals surface area (Å²) in [6.07, 6.45) is -0.988. The van der Waals surface area contributed by atoms with Gasteiger partial charge in [-0.1, -0.05) is 67.6 Å².